The summed E-state index contributed by atoms with van der Waals surface area (Å²) in [5.41, 5.74) is 5.37. The summed E-state index contributed by atoms with van der Waals surface area (Å²) in [6, 6.07) is 1.43. The van der Waals surface area contributed by atoms with Crippen LogP contribution in [0, 0.1) is 11.2 Å². The van der Waals surface area contributed by atoms with Gasteiger partial charge in [0.25, 0.3) is 5.91 Å². The number of nitrogens with one attached hydrogen (secondary N) is 1. The summed E-state index contributed by atoms with van der Waals surface area (Å²) in [5, 5.41) is 3.43. The molecule has 23 heavy (non-hydrogen) atoms. The average molecular weight is 320 g/mol. The first-order valence-electron chi connectivity index (χ1n) is 7.61. The highest BCUT2D eigenvalue weighted by Crippen LogP contribution is 2.33. The number of carbonyl (C=O) groups excluding carboxylic acids is 1. The van der Waals surface area contributed by atoms with E-state index in [1.165, 1.54) is 12.3 Å². The Morgan fingerprint density at radius 2 is 2.30 bits per heavy atom. The predicted molar refractivity (Wildman–Crippen MR) is 85.8 cm³/mol. The molecule has 3 heterocycles. The maximum Gasteiger partial charge on any atom is 0.284 e. The predicted octanol–water partition coefficient (Wildman–Crippen LogP) is 2.21. The lowest BCUT2D eigenvalue weighted by Gasteiger charge is -2.43. The molecule has 7 heteroatoms. The summed E-state index contributed by atoms with van der Waals surface area (Å²) >= 11 is 0. The number of furan rings is 1. The Morgan fingerprint density at radius 3 is 2.96 bits per heavy atom. The summed E-state index contributed by atoms with van der Waals surface area (Å²) in [6.07, 6.45) is 2.32. The molecule has 2 aromatic rings. The van der Waals surface area contributed by atoms with Gasteiger partial charge in [-0.15, -0.1) is 0 Å². The topological polar surface area (TPSA) is 84.4 Å². The molecular formula is C16H21FN4O2. The second kappa shape index (κ2) is 5.49. The first-order chi connectivity index (χ1) is 10.8. The lowest BCUT2D eigenvalue weighted by atomic mass is 9.79. The molecule has 6 nitrogen and oxygen atoms in total. The van der Waals surface area contributed by atoms with Gasteiger partial charge in [0, 0.05) is 18.7 Å². The maximum absolute atomic E-state index is 14.7. The number of anilines is 1. The summed E-state index contributed by atoms with van der Waals surface area (Å²) in [6.45, 7) is 6.17. The fraction of sp³-hybridized carbons (Fsp3) is 0.500. The molecule has 0 spiro atoms. The molecule has 3 rings (SSSR count). The van der Waals surface area contributed by atoms with Gasteiger partial charge in [-0.1, -0.05) is 13.8 Å². The minimum absolute atomic E-state index is 0.00907. The van der Waals surface area contributed by atoms with Crippen molar-refractivity contribution in [3.8, 4) is 0 Å². The van der Waals surface area contributed by atoms with Gasteiger partial charge >= 0.3 is 0 Å². The number of amides is 1. The number of carbonyl (C=O) groups is 1. The van der Waals surface area contributed by atoms with Crippen LogP contribution in [0.2, 0.25) is 0 Å². The van der Waals surface area contributed by atoms with E-state index < -0.39 is 11.7 Å². The van der Waals surface area contributed by atoms with Gasteiger partial charge in [-0.05, 0) is 25.4 Å². The van der Waals surface area contributed by atoms with Crippen molar-refractivity contribution in [3.05, 3.63) is 23.8 Å². The summed E-state index contributed by atoms with van der Waals surface area (Å²) in [5.74, 6) is -1.14. The van der Waals surface area contributed by atoms with Crippen molar-refractivity contribution in [2.24, 2.45) is 11.1 Å². The maximum atomic E-state index is 14.7. The van der Waals surface area contributed by atoms with Crippen LogP contribution in [-0.4, -0.2) is 42.0 Å². The zero-order valence-electron chi connectivity index (χ0n) is 13.5. The van der Waals surface area contributed by atoms with Gasteiger partial charge in [-0.3, -0.25) is 4.79 Å². The zero-order chi connectivity index (χ0) is 16.8. The summed E-state index contributed by atoms with van der Waals surface area (Å²) in [4.78, 5) is 17.5. The third-order valence-electron chi connectivity index (χ3n) is 4.49. The van der Waals surface area contributed by atoms with Gasteiger partial charge in [0.2, 0.25) is 0 Å². The summed E-state index contributed by atoms with van der Waals surface area (Å²) < 4.78 is 19.9. The Hall–Kier alpha value is -2.15. The van der Waals surface area contributed by atoms with Crippen LogP contribution in [0.15, 0.2) is 16.7 Å². The van der Waals surface area contributed by atoms with Crippen molar-refractivity contribution < 1.29 is 13.6 Å². The molecular weight excluding hydrogens is 299 g/mol. The molecule has 124 valence electrons. The standard InChI is InChI=1S/C16H21FN4O2/c1-16(2)8-21(3)5-4-12(16)20-15-13(17)9-6-10(14(18)22)23-11(9)7-19-15/h6-7,12H,4-5,8H2,1-3H3,(H2,18,22)(H,19,20). The first-order valence-corrected chi connectivity index (χ1v) is 7.61. The van der Waals surface area contributed by atoms with Crippen LogP contribution in [0.5, 0.6) is 0 Å². The van der Waals surface area contributed by atoms with Gasteiger partial charge in [0.1, 0.15) is 0 Å². The Morgan fingerprint density at radius 1 is 1.57 bits per heavy atom. The molecule has 0 saturated carbocycles. The number of fused-ring (bicyclic) bond motifs is 1. The van der Waals surface area contributed by atoms with Crippen LogP contribution < -0.4 is 11.1 Å². The molecule has 0 bridgehead atoms. The third kappa shape index (κ3) is 2.88. The highest BCUT2D eigenvalue weighted by atomic mass is 19.1. The fourth-order valence-electron chi connectivity index (χ4n) is 3.26. The number of hydrogen-bond acceptors (Lipinski definition) is 5. The van der Waals surface area contributed by atoms with E-state index in [9.17, 15) is 9.18 Å². The minimum Gasteiger partial charge on any atom is -0.449 e. The highest BCUT2D eigenvalue weighted by Gasteiger charge is 2.35. The zero-order valence-corrected chi connectivity index (χ0v) is 13.5. The van der Waals surface area contributed by atoms with Crippen molar-refractivity contribution in [2.45, 2.75) is 26.3 Å². The van der Waals surface area contributed by atoms with Crippen molar-refractivity contribution in [2.75, 3.05) is 25.5 Å². The lowest BCUT2D eigenvalue weighted by Crippen LogP contribution is -2.50. The largest absolute Gasteiger partial charge is 0.449 e. The van der Waals surface area contributed by atoms with E-state index in [1.54, 1.807) is 0 Å². The van der Waals surface area contributed by atoms with Gasteiger partial charge in [0.05, 0.1) is 11.6 Å². The fourth-order valence-corrected chi connectivity index (χ4v) is 3.26. The van der Waals surface area contributed by atoms with Crippen LogP contribution in [0.25, 0.3) is 11.0 Å². The Bertz CT molecular complexity index is 756. The van der Waals surface area contributed by atoms with E-state index in [4.69, 9.17) is 10.2 Å². The third-order valence-corrected chi connectivity index (χ3v) is 4.49. The molecule has 2 aromatic heterocycles. The number of aromatic nitrogens is 1. The number of nitrogens with two attached hydrogens (primary N) is 1. The number of hydrogen-bond donors (Lipinski definition) is 2. The van der Waals surface area contributed by atoms with Crippen molar-refractivity contribution in [1.82, 2.24) is 9.88 Å². The van der Waals surface area contributed by atoms with Gasteiger partial charge in [-0.25, -0.2) is 9.37 Å². The smallest absolute Gasteiger partial charge is 0.284 e. The van der Waals surface area contributed by atoms with Crippen LogP contribution in [0.3, 0.4) is 0 Å². The summed E-state index contributed by atoms with van der Waals surface area (Å²) in [7, 11) is 2.08. The SMILES string of the molecule is CN1CCC(Nc2ncc3oc(C(N)=O)cc3c2F)C(C)(C)C1. The van der Waals surface area contributed by atoms with E-state index in [0.717, 1.165) is 19.5 Å². The Labute approximate surface area is 133 Å². The highest BCUT2D eigenvalue weighted by molar-refractivity contribution is 5.95. The number of piperidine rings is 1. The van der Waals surface area contributed by atoms with Crippen LogP contribution in [0.1, 0.15) is 30.8 Å². The van der Waals surface area contributed by atoms with E-state index in [2.05, 4.69) is 36.1 Å². The monoisotopic (exact) mass is 320 g/mol. The number of rotatable bonds is 3. The molecule has 1 saturated heterocycles. The Kier molecular flexibility index (Phi) is 3.75. The second-order valence-electron chi connectivity index (χ2n) is 6.89. The molecule has 1 atom stereocenters. The van der Waals surface area contributed by atoms with E-state index >= 15 is 0 Å². The quantitative estimate of drug-likeness (QED) is 0.906. The molecule has 1 fully saturated rings. The molecule has 1 unspecified atom stereocenters. The van der Waals surface area contributed by atoms with Gasteiger partial charge in [-0.2, -0.15) is 0 Å². The van der Waals surface area contributed by atoms with E-state index in [1.807, 2.05) is 0 Å². The molecule has 0 radical (unpaired) electrons. The van der Waals surface area contributed by atoms with Crippen molar-refractivity contribution >= 4 is 22.7 Å². The molecule has 0 aromatic carbocycles. The molecule has 1 aliphatic rings. The van der Waals surface area contributed by atoms with E-state index in [0.29, 0.717) is 0 Å². The van der Waals surface area contributed by atoms with Crippen LogP contribution in [0.4, 0.5) is 10.2 Å². The molecule has 1 amide bonds. The van der Waals surface area contributed by atoms with Crippen molar-refractivity contribution in [1.29, 1.82) is 0 Å². The minimum atomic E-state index is -0.730. The number of primary amides is 1. The van der Waals surface area contributed by atoms with Gasteiger partial charge in [0.15, 0.2) is 23.0 Å². The first kappa shape index (κ1) is 15.7. The Balaban J connectivity index is 1.91. The lowest BCUT2D eigenvalue weighted by molar-refractivity contribution is 0.0976. The number of halogens is 1. The van der Waals surface area contributed by atoms with E-state index in [-0.39, 0.29) is 34.0 Å². The molecule has 1 aliphatic heterocycles. The molecule has 0 aliphatic carbocycles. The van der Waals surface area contributed by atoms with Crippen LogP contribution in [-0.2, 0) is 0 Å². The second-order valence-corrected chi connectivity index (χ2v) is 6.89. The number of likely N-dealkylation sites (tertiary alicyclic amines) is 1. The normalized spacial score (nSPS) is 21.5. The number of pyridine rings is 1. The van der Waals surface area contributed by atoms with Crippen LogP contribution >= 0.6 is 0 Å². The number of nitrogens with zero attached hydrogens (tertiary/aromatic N) is 2. The average Bonchev–Trinajstić information content (AvgIpc) is 2.89. The van der Waals surface area contributed by atoms with Crippen molar-refractivity contribution in [3.63, 3.8) is 0 Å². The van der Waals surface area contributed by atoms with Gasteiger partial charge < -0.3 is 20.4 Å². The molecule has 3 N–H and O–H groups in total.